The molecule has 0 spiro atoms. The van der Waals surface area contributed by atoms with Gasteiger partial charge in [-0.05, 0) is 6.08 Å². The number of hydrogen-bond donors (Lipinski definition) is 0. The van der Waals surface area contributed by atoms with E-state index in [0.29, 0.717) is 10.8 Å². The smallest absolute Gasteiger partial charge is 0.132 e. The van der Waals surface area contributed by atoms with E-state index in [2.05, 4.69) is 15.9 Å². The van der Waals surface area contributed by atoms with Crippen LogP contribution in [0.2, 0.25) is 0 Å². The number of halogens is 2. The Kier molecular flexibility index (Phi) is 2.38. The molecule has 0 heterocycles. The topological polar surface area (TPSA) is 17.1 Å². The highest BCUT2D eigenvalue weighted by Gasteiger charge is 2.18. The fraction of sp³-hybridized carbons (Fsp3) is 0.286. The lowest BCUT2D eigenvalue weighted by molar-refractivity contribution is -0.110. The van der Waals surface area contributed by atoms with Gasteiger partial charge in [0.1, 0.15) is 12.5 Å². The highest BCUT2D eigenvalue weighted by atomic mass is 79.9. The first-order valence-electron chi connectivity index (χ1n) is 2.89. The quantitative estimate of drug-likeness (QED) is 0.598. The van der Waals surface area contributed by atoms with Gasteiger partial charge in [-0.25, -0.2) is 4.39 Å². The molecule has 0 radical (unpaired) electrons. The number of allylic oxidation sites excluding steroid dienone is 4. The first kappa shape index (κ1) is 7.66. The van der Waals surface area contributed by atoms with Crippen LogP contribution in [0.4, 0.5) is 4.39 Å². The van der Waals surface area contributed by atoms with Crippen molar-refractivity contribution in [2.24, 2.45) is 5.92 Å². The fourth-order valence-electron chi connectivity index (χ4n) is 0.748. The van der Waals surface area contributed by atoms with Gasteiger partial charge in [0.15, 0.2) is 0 Å². The molecule has 3 heteroatoms. The van der Waals surface area contributed by atoms with Gasteiger partial charge in [0.05, 0.1) is 5.92 Å². The van der Waals surface area contributed by atoms with Gasteiger partial charge in [-0.3, -0.25) is 0 Å². The number of hydrogen-bond acceptors (Lipinski definition) is 1. The monoisotopic (exact) mass is 204 g/mol. The average Bonchev–Trinajstić information content (AvgIpc) is 1.88. The summed E-state index contributed by atoms with van der Waals surface area (Å²) in [5.41, 5.74) is 0. The Morgan fingerprint density at radius 1 is 1.70 bits per heavy atom. The predicted molar refractivity (Wildman–Crippen MR) is 40.6 cm³/mol. The zero-order valence-electron chi connectivity index (χ0n) is 5.13. The Morgan fingerprint density at radius 3 is 2.90 bits per heavy atom. The lowest BCUT2D eigenvalue weighted by atomic mass is 10.0. The van der Waals surface area contributed by atoms with E-state index in [-0.39, 0.29) is 0 Å². The van der Waals surface area contributed by atoms with Crippen molar-refractivity contribution in [3.63, 3.8) is 0 Å². The number of carbonyl (C=O) groups is 1. The van der Waals surface area contributed by atoms with Crippen LogP contribution in [0.1, 0.15) is 0 Å². The summed E-state index contributed by atoms with van der Waals surface area (Å²) in [5, 5.41) is 0. The van der Waals surface area contributed by atoms with Gasteiger partial charge in [-0.2, -0.15) is 0 Å². The highest BCUT2D eigenvalue weighted by molar-refractivity contribution is 9.11. The second-order valence-electron chi connectivity index (χ2n) is 2.07. The first-order chi connectivity index (χ1) is 4.74. The van der Waals surface area contributed by atoms with Gasteiger partial charge >= 0.3 is 0 Å². The van der Waals surface area contributed by atoms with Crippen LogP contribution in [0, 0.1) is 5.92 Å². The summed E-state index contributed by atoms with van der Waals surface area (Å²) >= 11 is 3.10. The molecule has 10 heavy (non-hydrogen) atoms. The first-order valence-corrected chi connectivity index (χ1v) is 3.68. The standard InChI is InChI=1S/C7H6BrFO/c8-6-2-1-5(4-10)7(9)3-6/h1-5,7H. The Labute approximate surface area is 66.7 Å². The fourth-order valence-corrected chi connectivity index (χ4v) is 1.15. The van der Waals surface area contributed by atoms with E-state index in [0.717, 1.165) is 0 Å². The molecule has 0 amide bonds. The summed E-state index contributed by atoms with van der Waals surface area (Å²) in [4.78, 5) is 10.1. The third-order valence-corrected chi connectivity index (χ3v) is 1.85. The van der Waals surface area contributed by atoms with Gasteiger partial charge in [0, 0.05) is 4.48 Å². The molecule has 54 valence electrons. The molecule has 2 atom stereocenters. The van der Waals surface area contributed by atoms with Gasteiger partial charge in [0.25, 0.3) is 0 Å². The van der Waals surface area contributed by atoms with Crippen LogP contribution in [0.25, 0.3) is 0 Å². The van der Waals surface area contributed by atoms with Gasteiger partial charge in [-0.15, -0.1) is 0 Å². The molecule has 0 fully saturated rings. The van der Waals surface area contributed by atoms with E-state index in [4.69, 9.17) is 0 Å². The van der Waals surface area contributed by atoms with E-state index in [1.807, 2.05) is 0 Å². The van der Waals surface area contributed by atoms with E-state index in [9.17, 15) is 9.18 Å². The molecular formula is C7H6BrFO. The van der Waals surface area contributed by atoms with Gasteiger partial charge < -0.3 is 4.79 Å². The third kappa shape index (κ3) is 1.53. The van der Waals surface area contributed by atoms with Crippen molar-refractivity contribution < 1.29 is 9.18 Å². The zero-order chi connectivity index (χ0) is 7.56. The van der Waals surface area contributed by atoms with Crippen molar-refractivity contribution in [3.05, 3.63) is 22.7 Å². The van der Waals surface area contributed by atoms with Crippen LogP contribution in [0.3, 0.4) is 0 Å². The second kappa shape index (κ2) is 3.10. The minimum absolute atomic E-state index is 0.596. The summed E-state index contributed by atoms with van der Waals surface area (Å²) in [6, 6.07) is 0. The summed E-state index contributed by atoms with van der Waals surface area (Å²) in [5.74, 6) is -0.596. The number of carbonyl (C=O) groups excluding carboxylic acids is 1. The average molecular weight is 205 g/mol. The van der Waals surface area contributed by atoms with Crippen molar-refractivity contribution in [3.8, 4) is 0 Å². The maximum Gasteiger partial charge on any atom is 0.132 e. The molecule has 0 saturated heterocycles. The van der Waals surface area contributed by atoms with E-state index in [1.165, 1.54) is 6.08 Å². The minimum Gasteiger partial charge on any atom is -0.303 e. The molecule has 1 aliphatic carbocycles. The summed E-state index contributed by atoms with van der Waals surface area (Å²) < 4.78 is 13.4. The molecular weight excluding hydrogens is 199 g/mol. The summed E-state index contributed by atoms with van der Waals surface area (Å²) in [6.07, 6.45) is 4.03. The summed E-state index contributed by atoms with van der Waals surface area (Å²) in [6.45, 7) is 0. The van der Waals surface area contributed by atoms with Crippen molar-refractivity contribution >= 4 is 22.2 Å². The Hall–Kier alpha value is -0.440. The van der Waals surface area contributed by atoms with Gasteiger partial charge in [0.2, 0.25) is 0 Å². The Morgan fingerprint density at radius 2 is 2.40 bits per heavy atom. The third-order valence-electron chi connectivity index (χ3n) is 1.32. The predicted octanol–water partition coefficient (Wildman–Crippen LogP) is 1.99. The second-order valence-corrected chi connectivity index (χ2v) is 2.98. The van der Waals surface area contributed by atoms with Crippen LogP contribution >= 0.6 is 15.9 Å². The molecule has 0 saturated carbocycles. The molecule has 2 unspecified atom stereocenters. The lowest BCUT2D eigenvalue weighted by Crippen LogP contribution is -2.14. The molecule has 0 aliphatic heterocycles. The van der Waals surface area contributed by atoms with E-state index < -0.39 is 12.1 Å². The SMILES string of the molecule is O=CC1C=CC(Br)=CC1F. The molecule has 0 N–H and O–H groups in total. The molecule has 0 aromatic heterocycles. The van der Waals surface area contributed by atoms with Gasteiger partial charge in [-0.1, -0.05) is 28.1 Å². The van der Waals surface area contributed by atoms with E-state index >= 15 is 0 Å². The van der Waals surface area contributed by atoms with Crippen molar-refractivity contribution in [1.29, 1.82) is 0 Å². The Balaban J connectivity index is 2.73. The largest absolute Gasteiger partial charge is 0.303 e. The molecule has 1 aliphatic rings. The maximum absolute atomic E-state index is 12.7. The summed E-state index contributed by atoms with van der Waals surface area (Å²) in [7, 11) is 0. The number of alkyl halides is 1. The van der Waals surface area contributed by atoms with Crippen LogP contribution < -0.4 is 0 Å². The minimum atomic E-state index is -1.17. The lowest BCUT2D eigenvalue weighted by Gasteiger charge is -2.11. The number of aldehydes is 1. The van der Waals surface area contributed by atoms with Crippen LogP contribution in [-0.2, 0) is 4.79 Å². The number of rotatable bonds is 1. The van der Waals surface area contributed by atoms with Crippen LogP contribution in [0.5, 0.6) is 0 Å². The maximum atomic E-state index is 12.7. The van der Waals surface area contributed by atoms with Crippen molar-refractivity contribution in [2.75, 3.05) is 0 Å². The van der Waals surface area contributed by atoms with Crippen molar-refractivity contribution in [2.45, 2.75) is 6.17 Å². The molecule has 0 aromatic carbocycles. The highest BCUT2D eigenvalue weighted by Crippen LogP contribution is 2.21. The molecule has 0 bridgehead atoms. The molecule has 1 rings (SSSR count). The zero-order valence-corrected chi connectivity index (χ0v) is 6.71. The normalized spacial score (nSPS) is 31.6. The molecule has 0 aromatic rings. The molecule has 1 nitrogen and oxygen atoms in total. The van der Waals surface area contributed by atoms with E-state index in [1.54, 1.807) is 12.2 Å². The van der Waals surface area contributed by atoms with Crippen molar-refractivity contribution in [1.82, 2.24) is 0 Å². The van der Waals surface area contributed by atoms with Crippen LogP contribution in [-0.4, -0.2) is 12.5 Å². The Bertz CT molecular complexity index is 198. The van der Waals surface area contributed by atoms with Crippen LogP contribution in [0.15, 0.2) is 22.7 Å².